The van der Waals surface area contributed by atoms with Crippen LogP contribution < -0.4 is 5.32 Å². The lowest BCUT2D eigenvalue weighted by molar-refractivity contribution is -0.124. The van der Waals surface area contributed by atoms with Gasteiger partial charge in [-0.05, 0) is 35.4 Å². The Labute approximate surface area is 167 Å². The molecule has 1 unspecified atom stereocenters. The first-order chi connectivity index (χ1) is 13.8. The second-order valence-corrected chi connectivity index (χ2v) is 7.70. The molecule has 2 nitrogen and oxygen atoms in total. The third-order valence-electron chi connectivity index (χ3n) is 5.86. The molecule has 0 aliphatic heterocycles. The molecule has 1 N–H and O–H groups in total. The maximum Gasteiger partial charge on any atom is 0.228 e. The molecule has 0 radical (unpaired) electrons. The average Bonchev–Trinajstić information content (AvgIpc) is 3.28. The molecule has 0 bridgehead atoms. The van der Waals surface area contributed by atoms with Crippen LogP contribution in [0.15, 0.2) is 91.0 Å². The first-order valence-corrected chi connectivity index (χ1v) is 10.3. The number of rotatable bonds is 6. The van der Waals surface area contributed by atoms with Gasteiger partial charge >= 0.3 is 0 Å². The fourth-order valence-corrected chi connectivity index (χ4v) is 4.47. The van der Waals surface area contributed by atoms with E-state index in [1.165, 1.54) is 12.8 Å². The summed E-state index contributed by atoms with van der Waals surface area (Å²) in [6, 6.07) is 30.7. The molecular formula is C26H27NO. The summed E-state index contributed by atoms with van der Waals surface area (Å²) >= 11 is 0. The van der Waals surface area contributed by atoms with E-state index in [2.05, 4.69) is 41.7 Å². The largest absolute Gasteiger partial charge is 0.345 e. The van der Waals surface area contributed by atoms with Crippen LogP contribution in [-0.4, -0.2) is 5.91 Å². The number of carbonyl (C=O) groups is 1. The molecule has 0 heterocycles. The molecule has 0 spiro atoms. The molecule has 1 amide bonds. The van der Waals surface area contributed by atoms with Gasteiger partial charge in [0, 0.05) is 0 Å². The summed E-state index contributed by atoms with van der Waals surface area (Å²) in [7, 11) is 0. The smallest absolute Gasteiger partial charge is 0.228 e. The monoisotopic (exact) mass is 369 g/mol. The maximum atomic E-state index is 13.6. The van der Waals surface area contributed by atoms with E-state index in [0.717, 1.165) is 29.5 Å². The summed E-state index contributed by atoms with van der Waals surface area (Å²) in [5.74, 6) is 0.476. The van der Waals surface area contributed by atoms with Crippen LogP contribution >= 0.6 is 0 Å². The summed E-state index contributed by atoms with van der Waals surface area (Å²) in [6.45, 7) is 0. The minimum atomic E-state index is -0.137. The van der Waals surface area contributed by atoms with Crippen molar-refractivity contribution in [3.63, 3.8) is 0 Å². The van der Waals surface area contributed by atoms with Crippen molar-refractivity contribution in [3.05, 3.63) is 108 Å². The van der Waals surface area contributed by atoms with Gasteiger partial charge in [-0.25, -0.2) is 0 Å². The molecule has 1 aliphatic rings. The normalized spacial score (nSPS) is 15.5. The summed E-state index contributed by atoms with van der Waals surface area (Å²) in [5.41, 5.74) is 3.35. The van der Waals surface area contributed by atoms with E-state index in [-0.39, 0.29) is 17.9 Å². The van der Waals surface area contributed by atoms with Crippen molar-refractivity contribution < 1.29 is 4.79 Å². The zero-order chi connectivity index (χ0) is 19.2. The van der Waals surface area contributed by atoms with Gasteiger partial charge in [0.25, 0.3) is 0 Å². The molecule has 1 aliphatic carbocycles. The standard InChI is InChI=1S/C26H27NO/c28-26(24(21-14-10-11-15-21)20-12-4-1-5-13-20)27-25(22-16-6-2-7-17-22)23-18-8-3-9-19-23/h1-9,12-13,16-19,21,24-25H,10-11,14-15H2,(H,27,28). The van der Waals surface area contributed by atoms with Crippen LogP contribution in [0.3, 0.4) is 0 Å². The molecule has 1 atom stereocenters. The Morgan fingerprint density at radius 1 is 0.679 bits per heavy atom. The fraction of sp³-hybridized carbons (Fsp3) is 0.269. The number of benzene rings is 3. The van der Waals surface area contributed by atoms with Crippen LogP contribution in [0.1, 0.15) is 54.3 Å². The van der Waals surface area contributed by atoms with Crippen molar-refractivity contribution in [2.45, 2.75) is 37.6 Å². The second-order valence-electron chi connectivity index (χ2n) is 7.70. The predicted octanol–water partition coefficient (Wildman–Crippen LogP) is 5.87. The summed E-state index contributed by atoms with van der Waals surface area (Å²) < 4.78 is 0. The van der Waals surface area contributed by atoms with Crippen LogP contribution in [0.2, 0.25) is 0 Å². The van der Waals surface area contributed by atoms with Crippen molar-refractivity contribution in [1.29, 1.82) is 0 Å². The first-order valence-electron chi connectivity index (χ1n) is 10.3. The molecule has 1 saturated carbocycles. The van der Waals surface area contributed by atoms with E-state index in [9.17, 15) is 4.79 Å². The fourth-order valence-electron chi connectivity index (χ4n) is 4.47. The quantitative estimate of drug-likeness (QED) is 0.579. The SMILES string of the molecule is O=C(NC(c1ccccc1)c1ccccc1)C(c1ccccc1)C1CCCC1. The Kier molecular flexibility index (Phi) is 5.86. The average molecular weight is 370 g/mol. The Morgan fingerprint density at radius 3 is 1.57 bits per heavy atom. The van der Waals surface area contributed by atoms with E-state index in [0.29, 0.717) is 5.92 Å². The van der Waals surface area contributed by atoms with E-state index in [1.54, 1.807) is 0 Å². The highest BCUT2D eigenvalue weighted by atomic mass is 16.2. The third-order valence-corrected chi connectivity index (χ3v) is 5.86. The predicted molar refractivity (Wildman–Crippen MR) is 114 cm³/mol. The lowest BCUT2D eigenvalue weighted by Gasteiger charge is -2.27. The van der Waals surface area contributed by atoms with Crippen LogP contribution in [-0.2, 0) is 4.79 Å². The topological polar surface area (TPSA) is 29.1 Å². The highest BCUT2D eigenvalue weighted by Crippen LogP contribution is 2.38. The van der Waals surface area contributed by atoms with Crippen molar-refractivity contribution in [1.82, 2.24) is 5.32 Å². The maximum absolute atomic E-state index is 13.6. The lowest BCUT2D eigenvalue weighted by Crippen LogP contribution is -2.36. The van der Waals surface area contributed by atoms with Gasteiger partial charge in [0.2, 0.25) is 5.91 Å². The van der Waals surface area contributed by atoms with Gasteiger partial charge in [0.1, 0.15) is 0 Å². The molecule has 0 saturated heterocycles. The van der Waals surface area contributed by atoms with E-state index in [4.69, 9.17) is 0 Å². The van der Waals surface area contributed by atoms with E-state index >= 15 is 0 Å². The van der Waals surface area contributed by atoms with Gasteiger partial charge in [-0.1, -0.05) is 104 Å². The second kappa shape index (κ2) is 8.88. The van der Waals surface area contributed by atoms with Crippen molar-refractivity contribution in [2.24, 2.45) is 5.92 Å². The van der Waals surface area contributed by atoms with Gasteiger partial charge < -0.3 is 5.32 Å². The molecule has 28 heavy (non-hydrogen) atoms. The molecule has 142 valence electrons. The Bertz CT molecular complexity index is 831. The molecular weight excluding hydrogens is 342 g/mol. The summed E-state index contributed by atoms with van der Waals surface area (Å²) in [5, 5.41) is 3.39. The summed E-state index contributed by atoms with van der Waals surface area (Å²) in [6.07, 6.45) is 4.72. The Morgan fingerprint density at radius 2 is 1.11 bits per heavy atom. The zero-order valence-corrected chi connectivity index (χ0v) is 16.1. The van der Waals surface area contributed by atoms with E-state index in [1.807, 2.05) is 54.6 Å². The highest BCUT2D eigenvalue weighted by Gasteiger charge is 2.33. The molecule has 1 fully saturated rings. The van der Waals surface area contributed by atoms with Crippen molar-refractivity contribution in [2.75, 3.05) is 0 Å². The van der Waals surface area contributed by atoms with Crippen molar-refractivity contribution in [3.8, 4) is 0 Å². The summed E-state index contributed by atoms with van der Waals surface area (Å²) in [4.78, 5) is 13.6. The molecule has 4 rings (SSSR count). The Balaban J connectivity index is 1.65. The van der Waals surface area contributed by atoms with Gasteiger partial charge in [-0.15, -0.1) is 0 Å². The van der Waals surface area contributed by atoms with Gasteiger partial charge in [0.05, 0.1) is 12.0 Å². The van der Waals surface area contributed by atoms with Gasteiger partial charge in [-0.2, -0.15) is 0 Å². The molecule has 0 aromatic heterocycles. The van der Waals surface area contributed by atoms with Crippen LogP contribution in [0.5, 0.6) is 0 Å². The third kappa shape index (κ3) is 4.17. The molecule has 3 aromatic rings. The van der Waals surface area contributed by atoms with Gasteiger partial charge in [0.15, 0.2) is 0 Å². The number of nitrogens with one attached hydrogen (secondary N) is 1. The molecule has 2 heteroatoms. The van der Waals surface area contributed by atoms with Gasteiger partial charge in [-0.3, -0.25) is 4.79 Å². The number of hydrogen-bond donors (Lipinski definition) is 1. The first kappa shape index (κ1) is 18.5. The molecule has 3 aromatic carbocycles. The Hall–Kier alpha value is -2.87. The van der Waals surface area contributed by atoms with Crippen LogP contribution in [0.4, 0.5) is 0 Å². The van der Waals surface area contributed by atoms with Crippen molar-refractivity contribution >= 4 is 5.91 Å². The number of carbonyl (C=O) groups excluding carboxylic acids is 1. The number of hydrogen-bond acceptors (Lipinski definition) is 1. The van der Waals surface area contributed by atoms with Crippen LogP contribution in [0, 0.1) is 5.92 Å². The minimum absolute atomic E-state index is 0.0846. The highest BCUT2D eigenvalue weighted by molar-refractivity contribution is 5.84. The number of amides is 1. The van der Waals surface area contributed by atoms with E-state index < -0.39 is 0 Å². The van der Waals surface area contributed by atoms with Crippen LogP contribution in [0.25, 0.3) is 0 Å². The minimum Gasteiger partial charge on any atom is -0.345 e. The zero-order valence-electron chi connectivity index (χ0n) is 16.1. The lowest BCUT2D eigenvalue weighted by atomic mass is 9.83.